The molecule has 0 saturated carbocycles. The van der Waals surface area contributed by atoms with Crippen molar-refractivity contribution in [2.45, 2.75) is 0 Å². The van der Waals surface area contributed by atoms with Crippen LogP contribution in [0, 0.1) is 8.98 Å². The summed E-state index contributed by atoms with van der Waals surface area (Å²) >= 11 is 3.25. The predicted molar refractivity (Wildman–Crippen MR) is 83.7 cm³/mol. The zero-order valence-corrected chi connectivity index (χ0v) is 13.2. The molecule has 5 nitrogen and oxygen atoms in total. The molecule has 1 saturated heterocycles. The van der Waals surface area contributed by atoms with Crippen LogP contribution in [0.5, 0.6) is 11.5 Å². The van der Waals surface area contributed by atoms with Gasteiger partial charge in [-0.05, 0) is 58.1 Å². The lowest BCUT2D eigenvalue weighted by atomic mass is 10.2. The topological polar surface area (TPSA) is 71.4 Å². The van der Waals surface area contributed by atoms with E-state index in [0.717, 1.165) is 20.9 Å². The molecule has 0 aliphatic carbocycles. The van der Waals surface area contributed by atoms with E-state index >= 15 is 0 Å². The number of carbonyl (C=O) groups is 1. The molecule has 0 radical (unpaired) electrons. The maximum atomic E-state index is 11.6. The van der Waals surface area contributed by atoms with E-state index < -0.39 is 0 Å². The fourth-order valence-corrected chi connectivity index (χ4v) is 3.16. The minimum absolute atomic E-state index is 0.145. The van der Waals surface area contributed by atoms with Gasteiger partial charge in [0.05, 0.1) is 22.7 Å². The summed E-state index contributed by atoms with van der Waals surface area (Å²) in [6.45, 7) is 0. The number of benzene rings is 1. The quantitative estimate of drug-likeness (QED) is 0.615. The monoisotopic (exact) mass is 390 g/mol. The maximum Gasteiger partial charge on any atom is 0.264 e. The molecule has 7 heteroatoms. The van der Waals surface area contributed by atoms with E-state index in [0.29, 0.717) is 16.4 Å². The summed E-state index contributed by atoms with van der Waals surface area (Å²) < 4.78 is 11.4. The summed E-state index contributed by atoms with van der Waals surface area (Å²) in [6, 6.07) is 3.69. The number of carbonyl (C=O) groups excluding carboxylic acids is 1. The van der Waals surface area contributed by atoms with Gasteiger partial charge < -0.3 is 14.8 Å². The molecule has 1 aliphatic heterocycles. The standard InChI is InChI=1S/C12H11IN2O3S/c1-17-8-4-6(3-7(13)10(8)18-2)5-9-11(16)15-12(14)19-9/h3-5H,1-2H3,(H2,14,15,16)/b9-5-. The van der Waals surface area contributed by atoms with Crippen LogP contribution in [0.3, 0.4) is 0 Å². The SMILES string of the molecule is COc1cc(/C=C2\SC(=N)NC2=O)cc(I)c1OC. The number of thioether (sulfide) groups is 1. The lowest BCUT2D eigenvalue weighted by molar-refractivity contribution is -0.115. The van der Waals surface area contributed by atoms with E-state index in [1.807, 2.05) is 6.07 Å². The van der Waals surface area contributed by atoms with Gasteiger partial charge >= 0.3 is 0 Å². The number of rotatable bonds is 3. The smallest absolute Gasteiger partial charge is 0.264 e. The van der Waals surface area contributed by atoms with Crippen LogP contribution < -0.4 is 14.8 Å². The molecule has 0 aromatic heterocycles. The highest BCUT2D eigenvalue weighted by atomic mass is 127. The van der Waals surface area contributed by atoms with Gasteiger partial charge in [0.2, 0.25) is 0 Å². The minimum Gasteiger partial charge on any atom is -0.493 e. The highest BCUT2D eigenvalue weighted by Gasteiger charge is 2.22. The van der Waals surface area contributed by atoms with Crippen molar-refractivity contribution in [3.63, 3.8) is 0 Å². The Morgan fingerprint density at radius 1 is 1.37 bits per heavy atom. The molecule has 0 unspecified atom stereocenters. The van der Waals surface area contributed by atoms with Crippen molar-refractivity contribution in [1.82, 2.24) is 5.32 Å². The van der Waals surface area contributed by atoms with Crippen molar-refractivity contribution >= 4 is 51.5 Å². The Kier molecular flexibility index (Phi) is 4.35. The van der Waals surface area contributed by atoms with Crippen LogP contribution in [0.2, 0.25) is 0 Å². The summed E-state index contributed by atoms with van der Waals surface area (Å²) in [4.78, 5) is 12.0. The zero-order valence-electron chi connectivity index (χ0n) is 10.2. The molecule has 0 atom stereocenters. The number of nitrogens with one attached hydrogen (secondary N) is 2. The summed E-state index contributed by atoms with van der Waals surface area (Å²) in [5.74, 6) is 1.03. The molecule has 1 heterocycles. The number of amidine groups is 1. The first-order valence-corrected chi connectivity index (χ1v) is 7.15. The summed E-state index contributed by atoms with van der Waals surface area (Å²) in [6.07, 6.45) is 1.73. The lowest BCUT2D eigenvalue weighted by Gasteiger charge is -2.10. The first-order chi connectivity index (χ1) is 9.05. The van der Waals surface area contributed by atoms with Gasteiger partial charge in [-0.2, -0.15) is 0 Å². The summed E-state index contributed by atoms with van der Waals surface area (Å²) in [7, 11) is 3.15. The van der Waals surface area contributed by atoms with E-state index in [2.05, 4.69) is 27.9 Å². The molecule has 2 N–H and O–H groups in total. The van der Waals surface area contributed by atoms with Gasteiger partial charge in [-0.15, -0.1) is 0 Å². The highest BCUT2D eigenvalue weighted by Crippen LogP contribution is 2.35. The Hall–Kier alpha value is -1.22. The Labute approximate surface area is 128 Å². The molecule has 1 fully saturated rings. The third-order valence-corrected chi connectivity index (χ3v) is 4.05. The Balaban J connectivity index is 2.42. The zero-order chi connectivity index (χ0) is 14.0. The van der Waals surface area contributed by atoms with Crippen molar-refractivity contribution in [1.29, 1.82) is 5.41 Å². The van der Waals surface area contributed by atoms with Crippen LogP contribution in [0.4, 0.5) is 0 Å². The molecular weight excluding hydrogens is 379 g/mol. The van der Waals surface area contributed by atoms with Crippen molar-refractivity contribution in [2.75, 3.05) is 14.2 Å². The molecule has 19 heavy (non-hydrogen) atoms. The van der Waals surface area contributed by atoms with Crippen LogP contribution in [-0.4, -0.2) is 25.3 Å². The average molecular weight is 390 g/mol. The molecule has 1 amide bonds. The number of hydrogen-bond acceptors (Lipinski definition) is 5. The Morgan fingerprint density at radius 2 is 2.11 bits per heavy atom. The largest absolute Gasteiger partial charge is 0.493 e. The summed E-state index contributed by atoms with van der Waals surface area (Å²) in [5.41, 5.74) is 0.828. The second-order valence-electron chi connectivity index (χ2n) is 3.63. The van der Waals surface area contributed by atoms with Gasteiger partial charge in [0.1, 0.15) is 0 Å². The van der Waals surface area contributed by atoms with Crippen LogP contribution in [-0.2, 0) is 4.79 Å². The Bertz CT molecular complexity index is 587. The average Bonchev–Trinajstić information content (AvgIpc) is 2.67. The van der Waals surface area contributed by atoms with E-state index in [4.69, 9.17) is 14.9 Å². The van der Waals surface area contributed by atoms with Gasteiger partial charge in [-0.3, -0.25) is 10.2 Å². The third kappa shape index (κ3) is 3.03. The predicted octanol–water partition coefficient (Wildman–Crippen LogP) is 2.45. The third-order valence-electron chi connectivity index (χ3n) is 2.42. The minimum atomic E-state index is -0.250. The molecular formula is C12H11IN2O3S. The van der Waals surface area contributed by atoms with Crippen LogP contribution >= 0.6 is 34.4 Å². The van der Waals surface area contributed by atoms with E-state index in [-0.39, 0.29) is 11.1 Å². The first kappa shape index (κ1) is 14.2. The number of halogens is 1. The lowest BCUT2D eigenvalue weighted by Crippen LogP contribution is -2.18. The molecule has 1 aromatic rings. The fourth-order valence-electron chi connectivity index (χ4n) is 1.61. The molecule has 0 bridgehead atoms. The van der Waals surface area contributed by atoms with Crippen molar-refractivity contribution < 1.29 is 14.3 Å². The van der Waals surface area contributed by atoms with Gasteiger partial charge in [0.15, 0.2) is 16.7 Å². The molecule has 1 aliphatic rings. The van der Waals surface area contributed by atoms with Crippen LogP contribution in [0.15, 0.2) is 17.0 Å². The maximum absolute atomic E-state index is 11.6. The Morgan fingerprint density at radius 3 is 2.63 bits per heavy atom. The van der Waals surface area contributed by atoms with E-state index in [1.54, 1.807) is 26.4 Å². The van der Waals surface area contributed by atoms with Crippen LogP contribution in [0.1, 0.15) is 5.56 Å². The first-order valence-electron chi connectivity index (χ1n) is 5.26. The second-order valence-corrected chi connectivity index (χ2v) is 5.85. The molecule has 100 valence electrons. The number of methoxy groups -OCH3 is 2. The fraction of sp³-hybridized carbons (Fsp3) is 0.167. The molecule has 2 rings (SSSR count). The molecule has 0 spiro atoms. The van der Waals surface area contributed by atoms with E-state index in [1.165, 1.54) is 0 Å². The second kappa shape index (κ2) is 5.83. The van der Waals surface area contributed by atoms with E-state index in [9.17, 15) is 4.79 Å². The van der Waals surface area contributed by atoms with Gasteiger partial charge in [0, 0.05) is 0 Å². The van der Waals surface area contributed by atoms with Gasteiger partial charge in [0.25, 0.3) is 5.91 Å². The highest BCUT2D eigenvalue weighted by molar-refractivity contribution is 14.1. The summed E-state index contributed by atoms with van der Waals surface area (Å²) in [5, 5.41) is 9.98. The number of hydrogen-bond donors (Lipinski definition) is 2. The molecule has 1 aromatic carbocycles. The van der Waals surface area contributed by atoms with Crippen LogP contribution in [0.25, 0.3) is 6.08 Å². The number of ether oxygens (including phenoxy) is 2. The van der Waals surface area contributed by atoms with Crippen molar-refractivity contribution in [3.8, 4) is 11.5 Å². The van der Waals surface area contributed by atoms with Crippen molar-refractivity contribution in [3.05, 3.63) is 26.2 Å². The van der Waals surface area contributed by atoms with Gasteiger partial charge in [-0.25, -0.2) is 0 Å². The normalized spacial score (nSPS) is 16.7. The number of amides is 1. The van der Waals surface area contributed by atoms with Crippen molar-refractivity contribution in [2.24, 2.45) is 0 Å². The van der Waals surface area contributed by atoms with Gasteiger partial charge in [-0.1, -0.05) is 0 Å².